The highest BCUT2D eigenvalue weighted by atomic mass is 16.4. The van der Waals surface area contributed by atoms with Crippen molar-refractivity contribution in [2.45, 2.75) is 32.7 Å². The highest BCUT2D eigenvalue weighted by Crippen LogP contribution is 2.20. The fraction of sp³-hybridized carbons (Fsp3) is 0.417. The lowest BCUT2D eigenvalue weighted by Gasteiger charge is -2.13. The zero-order valence-corrected chi connectivity index (χ0v) is 10.5. The van der Waals surface area contributed by atoms with Crippen LogP contribution < -0.4 is 5.56 Å². The van der Waals surface area contributed by atoms with Crippen LogP contribution in [0.4, 0.5) is 0 Å². The molecule has 0 amide bonds. The van der Waals surface area contributed by atoms with Crippen molar-refractivity contribution in [3.63, 3.8) is 0 Å². The second kappa shape index (κ2) is 3.97. The summed E-state index contributed by atoms with van der Waals surface area (Å²) in [7, 11) is 0. The lowest BCUT2D eigenvalue weighted by atomic mass is 9.92. The van der Waals surface area contributed by atoms with E-state index in [-0.39, 0.29) is 17.5 Å². The van der Waals surface area contributed by atoms with Crippen LogP contribution in [-0.2, 0) is 16.8 Å². The molecule has 0 radical (unpaired) electrons. The fourth-order valence-corrected chi connectivity index (χ4v) is 1.66. The van der Waals surface area contributed by atoms with Crippen LogP contribution in [0.2, 0.25) is 0 Å². The Balaban J connectivity index is 2.61. The minimum absolute atomic E-state index is 0.157. The van der Waals surface area contributed by atoms with Gasteiger partial charge >= 0.3 is 5.97 Å². The van der Waals surface area contributed by atoms with E-state index in [2.05, 4.69) is 5.10 Å². The van der Waals surface area contributed by atoms with E-state index in [1.165, 1.54) is 10.7 Å². The van der Waals surface area contributed by atoms with E-state index in [0.29, 0.717) is 5.52 Å². The van der Waals surface area contributed by atoms with Crippen molar-refractivity contribution in [1.29, 1.82) is 0 Å². The molecular weight excluding hydrogens is 234 g/mol. The molecule has 2 heterocycles. The predicted octanol–water partition coefficient (Wildman–Crippen LogP) is 0.878. The van der Waals surface area contributed by atoms with Gasteiger partial charge in [-0.25, -0.2) is 4.52 Å². The summed E-state index contributed by atoms with van der Waals surface area (Å²) in [6.07, 6.45) is 3.03. The summed E-state index contributed by atoms with van der Waals surface area (Å²) in [5, 5.41) is 13.0. The van der Waals surface area contributed by atoms with Gasteiger partial charge in [-0.15, -0.1) is 0 Å². The van der Waals surface area contributed by atoms with Gasteiger partial charge in [0.05, 0.1) is 5.69 Å². The number of carboxylic acid groups (broad SMARTS) is 1. The summed E-state index contributed by atoms with van der Waals surface area (Å²) in [5.74, 6) is -1.04. The SMILES string of the molecule is CC(C)(C)c1cc2c(=O)n(CC(=O)O)ccn2n1. The molecule has 0 saturated carbocycles. The molecule has 0 spiro atoms. The van der Waals surface area contributed by atoms with Crippen LogP contribution in [0.1, 0.15) is 26.5 Å². The Bertz CT molecular complexity index is 661. The molecule has 2 aromatic rings. The summed E-state index contributed by atoms with van der Waals surface area (Å²) >= 11 is 0. The minimum Gasteiger partial charge on any atom is -0.480 e. The third kappa shape index (κ3) is 2.13. The Hall–Kier alpha value is -2.11. The van der Waals surface area contributed by atoms with Crippen LogP contribution >= 0.6 is 0 Å². The molecular formula is C12H15N3O3. The lowest BCUT2D eigenvalue weighted by molar-refractivity contribution is -0.137. The number of nitrogens with zero attached hydrogens (tertiary/aromatic N) is 3. The summed E-state index contributed by atoms with van der Waals surface area (Å²) in [5.41, 5.74) is 0.690. The lowest BCUT2D eigenvalue weighted by Crippen LogP contribution is -2.24. The maximum Gasteiger partial charge on any atom is 0.323 e. The van der Waals surface area contributed by atoms with Crippen molar-refractivity contribution < 1.29 is 9.90 Å². The molecule has 0 fully saturated rings. The van der Waals surface area contributed by atoms with E-state index in [1.54, 1.807) is 12.3 Å². The van der Waals surface area contributed by atoms with Crippen LogP contribution in [0.3, 0.4) is 0 Å². The summed E-state index contributed by atoms with van der Waals surface area (Å²) < 4.78 is 2.65. The Kier molecular flexibility index (Phi) is 2.73. The fourth-order valence-electron chi connectivity index (χ4n) is 1.66. The molecule has 0 aromatic carbocycles. The van der Waals surface area contributed by atoms with Crippen LogP contribution in [0.15, 0.2) is 23.3 Å². The van der Waals surface area contributed by atoms with Crippen molar-refractivity contribution in [2.24, 2.45) is 0 Å². The summed E-state index contributed by atoms with van der Waals surface area (Å²) in [6, 6.07) is 1.71. The highest BCUT2D eigenvalue weighted by molar-refractivity contribution is 5.66. The molecule has 0 atom stereocenters. The van der Waals surface area contributed by atoms with Crippen LogP contribution in [0.5, 0.6) is 0 Å². The number of hydrogen-bond donors (Lipinski definition) is 1. The topological polar surface area (TPSA) is 76.6 Å². The van der Waals surface area contributed by atoms with Crippen LogP contribution in [0, 0.1) is 0 Å². The maximum atomic E-state index is 12.0. The van der Waals surface area contributed by atoms with E-state index in [4.69, 9.17) is 5.11 Å². The zero-order chi connectivity index (χ0) is 13.5. The van der Waals surface area contributed by atoms with Crippen molar-refractivity contribution in [1.82, 2.24) is 14.2 Å². The normalized spacial score (nSPS) is 11.9. The molecule has 96 valence electrons. The van der Waals surface area contributed by atoms with Gasteiger partial charge in [-0.3, -0.25) is 9.59 Å². The highest BCUT2D eigenvalue weighted by Gasteiger charge is 2.19. The smallest absolute Gasteiger partial charge is 0.323 e. The second-order valence-corrected chi connectivity index (χ2v) is 5.23. The van der Waals surface area contributed by atoms with Gasteiger partial charge in [0.2, 0.25) is 0 Å². The number of rotatable bonds is 2. The van der Waals surface area contributed by atoms with Gasteiger partial charge in [0.25, 0.3) is 5.56 Å². The Morgan fingerprint density at radius 2 is 2.06 bits per heavy atom. The summed E-state index contributed by atoms with van der Waals surface area (Å²) in [6.45, 7) is 5.67. The molecule has 0 aliphatic heterocycles. The van der Waals surface area contributed by atoms with E-state index in [0.717, 1.165) is 10.3 Å². The Labute approximate surface area is 103 Å². The minimum atomic E-state index is -1.04. The van der Waals surface area contributed by atoms with Crippen molar-refractivity contribution in [3.8, 4) is 0 Å². The first-order valence-electron chi connectivity index (χ1n) is 5.60. The van der Waals surface area contributed by atoms with E-state index < -0.39 is 5.97 Å². The van der Waals surface area contributed by atoms with Crippen molar-refractivity contribution in [3.05, 3.63) is 34.5 Å². The van der Waals surface area contributed by atoms with E-state index in [1.807, 2.05) is 20.8 Å². The summed E-state index contributed by atoms with van der Waals surface area (Å²) in [4.78, 5) is 22.7. The average Bonchev–Trinajstić information content (AvgIpc) is 2.66. The first kappa shape index (κ1) is 12.3. The van der Waals surface area contributed by atoms with E-state index >= 15 is 0 Å². The van der Waals surface area contributed by atoms with Crippen molar-refractivity contribution >= 4 is 11.5 Å². The molecule has 2 rings (SSSR count). The number of fused-ring (bicyclic) bond motifs is 1. The zero-order valence-electron chi connectivity index (χ0n) is 10.5. The molecule has 6 heteroatoms. The standard InChI is InChI=1S/C12H15N3O3/c1-12(2,3)9-6-8-11(18)14(7-10(16)17)4-5-15(8)13-9/h4-6H,7H2,1-3H3,(H,16,17). The number of carboxylic acids is 1. The van der Waals surface area contributed by atoms with E-state index in [9.17, 15) is 9.59 Å². The first-order valence-corrected chi connectivity index (χ1v) is 5.60. The van der Waals surface area contributed by atoms with Gasteiger partial charge in [-0.05, 0) is 6.07 Å². The second-order valence-electron chi connectivity index (χ2n) is 5.23. The number of aromatic nitrogens is 3. The van der Waals surface area contributed by atoms with Gasteiger partial charge in [-0.2, -0.15) is 5.10 Å². The molecule has 2 aromatic heterocycles. The molecule has 0 bridgehead atoms. The molecule has 0 saturated heterocycles. The Morgan fingerprint density at radius 1 is 1.39 bits per heavy atom. The maximum absolute atomic E-state index is 12.0. The third-order valence-corrected chi connectivity index (χ3v) is 2.68. The molecule has 6 nitrogen and oxygen atoms in total. The Morgan fingerprint density at radius 3 is 2.61 bits per heavy atom. The van der Waals surface area contributed by atoms with Gasteiger partial charge < -0.3 is 9.67 Å². The molecule has 0 unspecified atom stereocenters. The van der Waals surface area contributed by atoms with Gasteiger partial charge in [0, 0.05) is 17.8 Å². The molecule has 0 aliphatic carbocycles. The predicted molar refractivity (Wildman–Crippen MR) is 65.8 cm³/mol. The van der Waals surface area contributed by atoms with Gasteiger partial charge in [0.15, 0.2) is 0 Å². The quantitative estimate of drug-likeness (QED) is 0.857. The number of hydrogen-bond acceptors (Lipinski definition) is 3. The molecule has 1 N–H and O–H groups in total. The monoisotopic (exact) mass is 249 g/mol. The number of carbonyl (C=O) groups is 1. The third-order valence-electron chi connectivity index (χ3n) is 2.68. The number of aliphatic carboxylic acids is 1. The molecule has 0 aliphatic rings. The van der Waals surface area contributed by atoms with Crippen LogP contribution in [0.25, 0.3) is 5.52 Å². The first-order chi connectivity index (χ1) is 8.29. The van der Waals surface area contributed by atoms with Gasteiger partial charge in [-0.1, -0.05) is 20.8 Å². The largest absolute Gasteiger partial charge is 0.480 e. The average molecular weight is 249 g/mol. The molecule has 18 heavy (non-hydrogen) atoms. The van der Waals surface area contributed by atoms with Crippen molar-refractivity contribution in [2.75, 3.05) is 0 Å². The van der Waals surface area contributed by atoms with Gasteiger partial charge in [0.1, 0.15) is 12.1 Å². The van der Waals surface area contributed by atoms with Crippen LogP contribution in [-0.4, -0.2) is 25.3 Å².